The molecule has 0 bridgehead atoms. The van der Waals surface area contributed by atoms with Crippen LogP contribution in [0.4, 0.5) is 5.69 Å². The van der Waals surface area contributed by atoms with Crippen molar-refractivity contribution < 1.29 is 9.59 Å². The monoisotopic (exact) mass is 442 g/mol. The van der Waals surface area contributed by atoms with Crippen LogP contribution in [0, 0.1) is 13.8 Å². The van der Waals surface area contributed by atoms with Gasteiger partial charge in [0.25, 0.3) is 5.91 Å². The van der Waals surface area contributed by atoms with Crippen molar-refractivity contribution in [3.8, 4) is 0 Å². The highest BCUT2D eigenvalue weighted by Crippen LogP contribution is 2.35. The Labute approximate surface area is 185 Å². The first-order valence-corrected chi connectivity index (χ1v) is 11.5. The molecule has 0 aliphatic carbocycles. The maximum absolute atomic E-state index is 13.6. The van der Waals surface area contributed by atoms with E-state index in [0.717, 1.165) is 34.0 Å². The summed E-state index contributed by atoms with van der Waals surface area (Å²) in [7, 11) is 0. The largest absolute Gasteiger partial charge is 0.349 e. The van der Waals surface area contributed by atoms with Gasteiger partial charge in [-0.05, 0) is 80.4 Å². The SMILES string of the molecule is CCC(C)(C)NC(=O)[C@H](c1sccc1C)N(C(=O)c1csnn1)c1cccc(C)c1. The molecule has 3 aromatic rings. The third-order valence-corrected chi connectivity index (χ3v) is 6.66. The zero-order chi connectivity index (χ0) is 21.9. The fourth-order valence-electron chi connectivity index (χ4n) is 3.05. The lowest BCUT2D eigenvalue weighted by molar-refractivity contribution is -0.124. The molecule has 0 saturated carbocycles. The number of anilines is 1. The quantitative estimate of drug-likeness (QED) is 0.564. The van der Waals surface area contributed by atoms with Crippen LogP contribution < -0.4 is 10.2 Å². The number of hydrogen-bond acceptors (Lipinski definition) is 6. The fourth-order valence-corrected chi connectivity index (χ4v) is 4.50. The van der Waals surface area contributed by atoms with Gasteiger partial charge in [-0.1, -0.05) is 23.5 Å². The lowest BCUT2D eigenvalue weighted by atomic mass is 10.00. The molecule has 1 atom stereocenters. The highest BCUT2D eigenvalue weighted by Gasteiger charge is 2.37. The topological polar surface area (TPSA) is 75.2 Å². The second-order valence-corrected chi connectivity index (χ2v) is 9.46. The van der Waals surface area contributed by atoms with E-state index in [0.29, 0.717) is 5.69 Å². The van der Waals surface area contributed by atoms with E-state index in [1.54, 1.807) is 10.3 Å². The molecule has 0 spiro atoms. The minimum atomic E-state index is -0.813. The number of rotatable bonds is 7. The number of nitrogens with one attached hydrogen (secondary N) is 1. The summed E-state index contributed by atoms with van der Waals surface area (Å²) in [6.45, 7) is 9.90. The standard InChI is InChI=1S/C22H26N4O2S2/c1-6-22(4,5)23-20(27)18(19-15(3)10-11-29-19)26(16-9-7-8-14(2)12-16)21(28)17-13-30-25-24-17/h7-13,18H,6H2,1-5H3,(H,23,27)/t18-/m0/s1. The number of aromatic nitrogens is 2. The van der Waals surface area contributed by atoms with E-state index in [1.807, 2.05) is 70.3 Å². The van der Waals surface area contributed by atoms with Crippen LogP contribution in [0.25, 0.3) is 0 Å². The van der Waals surface area contributed by atoms with Gasteiger partial charge in [0.15, 0.2) is 11.7 Å². The van der Waals surface area contributed by atoms with Crippen molar-refractivity contribution in [3.05, 3.63) is 62.8 Å². The molecule has 1 aromatic carbocycles. The summed E-state index contributed by atoms with van der Waals surface area (Å²) in [5.74, 6) is -0.568. The number of nitrogens with zero attached hydrogens (tertiary/aromatic N) is 3. The first-order chi connectivity index (χ1) is 14.2. The van der Waals surface area contributed by atoms with Gasteiger partial charge in [0.1, 0.15) is 0 Å². The fraction of sp³-hybridized carbons (Fsp3) is 0.364. The zero-order valence-corrected chi connectivity index (χ0v) is 19.4. The van der Waals surface area contributed by atoms with Crippen LogP contribution in [0.15, 0.2) is 41.1 Å². The molecule has 2 amide bonds. The third-order valence-electron chi connectivity index (χ3n) is 5.08. The van der Waals surface area contributed by atoms with Crippen LogP contribution >= 0.6 is 22.9 Å². The van der Waals surface area contributed by atoms with Crippen molar-refractivity contribution in [2.24, 2.45) is 0 Å². The maximum Gasteiger partial charge on any atom is 0.280 e. The van der Waals surface area contributed by atoms with Gasteiger partial charge in [-0.3, -0.25) is 14.5 Å². The molecule has 2 heterocycles. The molecule has 8 heteroatoms. The van der Waals surface area contributed by atoms with E-state index < -0.39 is 11.6 Å². The summed E-state index contributed by atoms with van der Waals surface area (Å²) in [6, 6.07) is 8.75. The molecule has 0 aliphatic rings. The Bertz CT molecular complexity index is 1030. The van der Waals surface area contributed by atoms with Crippen molar-refractivity contribution in [2.75, 3.05) is 4.90 Å². The molecule has 0 aliphatic heterocycles. The van der Waals surface area contributed by atoms with Crippen molar-refractivity contribution in [3.63, 3.8) is 0 Å². The average Bonchev–Trinajstić information content (AvgIpc) is 3.37. The molecule has 0 radical (unpaired) electrons. The molecule has 158 valence electrons. The lowest BCUT2D eigenvalue weighted by Gasteiger charge is -2.34. The van der Waals surface area contributed by atoms with E-state index in [1.165, 1.54) is 11.3 Å². The van der Waals surface area contributed by atoms with Crippen LogP contribution in [0.5, 0.6) is 0 Å². The molecule has 30 heavy (non-hydrogen) atoms. The van der Waals surface area contributed by atoms with E-state index in [4.69, 9.17) is 0 Å². The number of benzene rings is 1. The summed E-state index contributed by atoms with van der Waals surface area (Å²) >= 11 is 2.58. The van der Waals surface area contributed by atoms with E-state index in [9.17, 15) is 9.59 Å². The highest BCUT2D eigenvalue weighted by molar-refractivity contribution is 7.10. The van der Waals surface area contributed by atoms with Crippen molar-refractivity contribution >= 4 is 40.4 Å². The number of carbonyl (C=O) groups is 2. The van der Waals surface area contributed by atoms with Gasteiger partial charge in [0.05, 0.1) is 0 Å². The molecule has 0 unspecified atom stereocenters. The van der Waals surface area contributed by atoms with Gasteiger partial charge in [-0.2, -0.15) is 0 Å². The normalized spacial score (nSPS) is 12.4. The third kappa shape index (κ3) is 4.76. The first kappa shape index (κ1) is 22.1. The molecular weight excluding hydrogens is 416 g/mol. The van der Waals surface area contributed by atoms with Crippen LogP contribution in [0.1, 0.15) is 59.7 Å². The van der Waals surface area contributed by atoms with Gasteiger partial charge in [0, 0.05) is 21.5 Å². The van der Waals surface area contributed by atoms with Gasteiger partial charge in [-0.25, -0.2) is 0 Å². The lowest BCUT2D eigenvalue weighted by Crippen LogP contribution is -2.50. The second kappa shape index (κ2) is 9.06. The van der Waals surface area contributed by atoms with Crippen molar-refractivity contribution in [1.29, 1.82) is 0 Å². The van der Waals surface area contributed by atoms with Gasteiger partial charge in [0.2, 0.25) is 5.91 Å². The molecule has 0 fully saturated rings. The minimum Gasteiger partial charge on any atom is -0.349 e. The van der Waals surface area contributed by atoms with E-state index in [-0.39, 0.29) is 17.5 Å². The average molecular weight is 443 g/mol. The molecular formula is C22H26N4O2S2. The van der Waals surface area contributed by atoms with Crippen LogP contribution in [0.2, 0.25) is 0 Å². The summed E-state index contributed by atoms with van der Waals surface area (Å²) in [6.07, 6.45) is 0.767. The predicted octanol–water partition coefficient (Wildman–Crippen LogP) is 4.91. The van der Waals surface area contributed by atoms with E-state index >= 15 is 0 Å². The number of hydrogen-bond donors (Lipinski definition) is 1. The molecule has 3 rings (SSSR count). The van der Waals surface area contributed by atoms with E-state index in [2.05, 4.69) is 14.9 Å². The number of aryl methyl sites for hydroxylation is 2. The van der Waals surface area contributed by atoms with Gasteiger partial charge < -0.3 is 5.32 Å². The molecule has 6 nitrogen and oxygen atoms in total. The maximum atomic E-state index is 13.6. The predicted molar refractivity (Wildman–Crippen MR) is 122 cm³/mol. The van der Waals surface area contributed by atoms with Crippen molar-refractivity contribution in [1.82, 2.24) is 14.9 Å². The summed E-state index contributed by atoms with van der Waals surface area (Å²) in [5, 5.41) is 10.6. The zero-order valence-electron chi connectivity index (χ0n) is 17.8. The van der Waals surface area contributed by atoms with Crippen molar-refractivity contribution in [2.45, 2.75) is 52.6 Å². The van der Waals surface area contributed by atoms with Crippen LogP contribution in [-0.2, 0) is 4.79 Å². The highest BCUT2D eigenvalue weighted by atomic mass is 32.1. The van der Waals surface area contributed by atoms with Crippen LogP contribution in [-0.4, -0.2) is 26.9 Å². The molecule has 2 aromatic heterocycles. The number of thiophene rings is 1. The van der Waals surface area contributed by atoms with Gasteiger partial charge in [-0.15, -0.1) is 16.4 Å². The minimum absolute atomic E-state index is 0.217. The smallest absolute Gasteiger partial charge is 0.280 e. The second-order valence-electron chi connectivity index (χ2n) is 7.90. The Balaban J connectivity index is 2.17. The summed E-state index contributed by atoms with van der Waals surface area (Å²) < 4.78 is 3.84. The van der Waals surface area contributed by atoms with Crippen LogP contribution in [0.3, 0.4) is 0 Å². The molecule has 0 saturated heterocycles. The first-order valence-electron chi connectivity index (χ1n) is 9.77. The Morgan fingerprint density at radius 1 is 1.23 bits per heavy atom. The number of carbonyl (C=O) groups excluding carboxylic acids is 2. The Morgan fingerprint density at radius 3 is 2.57 bits per heavy atom. The molecule has 1 N–H and O–H groups in total. The Morgan fingerprint density at radius 2 is 2.00 bits per heavy atom. The number of amides is 2. The Kier molecular flexibility index (Phi) is 6.67. The Hall–Kier alpha value is -2.58. The van der Waals surface area contributed by atoms with Gasteiger partial charge >= 0.3 is 0 Å². The summed E-state index contributed by atoms with van der Waals surface area (Å²) in [5.41, 5.74) is 2.44. The summed E-state index contributed by atoms with van der Waals surface area (Å²) in [4.78, 5) is 29.5.